The van der Waals surface area contributed by atoms with Crippen LogP contribution in [0.3, 0.4) is 0 Å². The first kappa shape index (κ1) is 43.2. The second kappa shape index (κ2) is 22.7. The Bertz CT molecular complexity index is 1680. The number of hydrogen-bond donors (Lipinski definition) is 7. The average molecular weight is 744 g/mol. The van der Waals surface area contributed by atoms with Gasteiger partial charge in [-0.15, -0.1) is 0 Å². The number of hydrogen-bond acceptors (Lipinski definition) is 9. The molecule has 0 unspecified atom stereocenters. The van der Waals surface area contributed by atoms with Crippen LogP contribution in [0.5, 0.6) is 0 Å². The van der Waals surface area contributed by atoms with Crippen molar-refractivity contribution in [2.75, 3.05) is 25.0 Å². The largest absolute Gasteiger partial charge is 0.481 e. The first-order valence-electron chi connectivity index (χ1n) is 18.3. The van der Waals surface area contributed by atoms with Crippen molar-refractivity contribution in [1.29, 1.82) is 0 Å². The van der Waals surface area contributed by atoms with E-state index in [1.807, 2.05) is 66.7 Å². The lowest BCUT2D eigenvalue weighted by atomic mass is 9.90. The summed E-state index contributed by atoms with van der Waals surface area (Å²) in [5.74, 6) is -5.30. The Labute approximate surface area is 316 Å². The Kier molecular flexibility index (Phi) is 18.2. The van der Waals surface area contributed by atoms with Crippen LogP contribution in [-0.4, -0.2) is 77.3 Å². The molecular formula is C41H53N5O8. The summed E-state index contributed by atoms with van der Waals surface area (Å²) in [6.45, 7) is 2.41. The smallest absolute Gasteiger partial charge is 0.307 e. The first-order chi connectivity index (χ1) is 25.8. The number of carbonyl (C=O) groups excluding carboxylic acids is 4. The van der Waals surface area contributed by atoms with Crippen molar-refractivity contribution in [3.8, 4) is 11.1 Å². The van der Waals surface area contributed by atoms with Gasteiger partial charge in [-0.05, 0) is 73.0 Å². The molecule has 3 aromatic rings. The van der Waals surface area contributed by atoms with Crippen LogP contribution in [0.15, 0.2) is 78.9 Å². The highest BCUT2D eigenvalue weighted by atomic mass is 16.4. The minimum Gasteiger partial charge on any atom is -0.481 e. The van der Waals surface area contributed by atoms with E-state index >= 15 is 0 Å². The number of carbonyl (C=O) groups is 6. The molecule has 0 saturated heterocycles. The third-order valence-electron chi connectivity index (χ3n) is 9.05. The van der Waals surface area contributed by atoms with E-state index < -0.39 is 35.7 Å². The number of nitrogens with one attached hydrogen (secondary N) is 3. The predicted molar refractivity (Wildman–Crippen MR) is 206 cm³/mol. The number of Topliss-reactive ketones (excluding diaryl/α,β-unsaturated/α-hetero) is 2. The first-order valence-corrected chi connectivity index (χ1v) is 18.3. The fourth-order valence-corrected chi connectivity index (χ4v) is 6.05. The monoisotopic (exact) mass is 743 g/mol. The molecule has 0 aliphatic heterocycles. The molecule has 0 spiro atoms. The molecule has 3 aromatic carbocycles. The van der Waals surface area contributed by atoms with E-state index in [9.17, 15) is 33.9 Å². The summed E-state index contributed by atoms with van der Waals surface area (Å²) in [4.78, 5) is 73.1. The second-order valence-corrected chi connectivity index (χ2v) is 13.7. The lowest BCUT2D eigenvalue weighted by Gasteiger charge is -2.20. The van der Waals surface area contributed by atoms with E-state index in [1.165, 1.54) is 6.92 Å². The minimum atomic E-state index is -1.19. The summed E-state index contributed by atoms with van der Waals surface area (Å²) in [5.41, 5.74) is 17.0. The van der Waals surface area contributed by atoms with Gasteiger partial charge in [0.05, 0.1) is 12.0 Å². The van der Waals surface area contributed by atoms with E-state index in [1.54, 1.807) is 12.1 Å². The summed E-state index contributed by atoms with van der Waals surface area (Å²) in [5, 5.41) is 27.2. The van der Waals surface area contributed by atoms with Gasteiger partial charge in [0.25, 0.3) is 0 Å². The molecule has 3 rings (SSSR count). The number of rotatable bonds is 25. The Morgan fingerprint density at radius 2 is 1.33 bits per heavy atom. The molecule has 0 radical (unpaired) electrons. The topological polar surface area (TPSA) is 231 Å². The molecular weight excluding hydrogens is 690 g/mol. The summed E-state index contributed by atoms with van der Waals surface area (Å²) >= 11 is 0. The molecule has 0 bridgehead atoms. The maximum Gasteiger partial charge on any atom is 0.307 e. The number of nitrogens with two attached hydrogens (primary N) is 2. The van der Waals surface area contributed by atoms with Crippen LogP contribution in [0, 0.1) is 11.8 Å². The summed E-state index contributed by atoms with van der Waals surface area (Å²) in [6, 6.07) is 23.9. The average Bonchev–Trinajstić information content (AvgIpc) is 3.13. The fraction of sp³-hybridized carbons (Fsp3) is 0.415. The van der Waals surface area contributed by atoms with Gasteiger partial charge in [0.15, 0.2) is 0 Å². The third-order valence-corrected chi connectivity index (χ3v) is 9.05. The van der Waals surface area contributed by atoms with Crippen LogP contribution in [0.1, 0.15) is 63.0 Å². The number of aliphatic carboxylic acids is 2. The number of carboxylic acid groups (broad SMARTS) is 2. The zero-order valence-corrected chi connectivity index (χ0v) is 30.8. The third kappa shape index (κ3) is 16.2. The minimum absolute atomic E-state index is 0.0145. The predicted octanol–water partition coefficient (Wildman–Crippen LogP) is 3.73. The van der Waals surface area contributed by atoms with Gasteiger partial charge >= 0.3 is 11.9 Å². The molecule has 4 atom stereocenters. The van der Waals surface area contributed by atoms with Crippen LogP contribution in [0.25, 0.3) is 11.1 Å². The maximum absolute atomic E-state index is 13.5. The molecule has 0 aliphatic carbocycles. The van der Waals surface area contributed by atoms with Gasteiger partial charge in [0, 0.05) is 63.3 Å². The van der Waals surface area contributed by atoms with Crippen molar-refractivity contribution >= 4 is 41.0 Å². The molecule has 13 nitrogen and oxygen atoms in total. The molecule has 290 valence electrons. The molecule has 2 amide bonds. The zero-order valence-electron chi connectivity index (χ0n) is 30.8. The van der Waals surface area contributed by atoms with E-state index in [2.05, 4.69) is 16.0 Å². The lowest BCUT2D eigenvalue weighted by Crippen LogP contribution is -2.41. The van der Waals surface area contributed by atoms with Crippen LogP contribution in [0.2, 0.25) is 0 Å². The highest BCUT2D eigenvalue weighted by Gasteiger charge is 2.27. The van der Waals surface area contributed by atoms with Gasteiger partial charge in [0.2, 0.25) is 11.8 Å². The standard InChI is InChI=1S/C41H53N5O8/c1-27(47)46-35-16-14-31(15-17-35)30-12-10-29(11-13-30)22-33(40(52)45-21-18-32(41(53)54)24-36(48)8-5-9-39(50)51)25-38(49)37(43)19-20-44-26-34(42)23-28-6-3-2-4-7-28/h2-4,6-7,10-17,32-34,37,44H,5,8-9,18-26,42-43H2,1H3,(H,45,52)(H,46,47)(H,50,51)(H,53,54)/t32-,33-,34-,37-/m0/s1. The van der Waals surface area contributed by atoms with Gasteiger partial charge in [-0.1, -0.05) is 66.7 Å². The van der Waals surface area contributed by atoms with E-state index in [0.717, 1.165) is 22.3 Å². The molecule has 9 N–H and O–H groups in total. The van der Waals surface area contributed by atoms with Crippen molar-refractivity contribution in [2.24, 2.45) is 23.3 Å². The zero-order chi connectivity index (χ0) is 39.5. The van der Waals surface area contributed by atoms with E-state index in [0.29, 0.717) is 31.6 Å². The van der Waals surface area contributed by atoms with Gasteiger partial charge in [-0.3, -0.25) is 28.8 Å². The Morgan fingerprint density at radius 3 is 1.94 bits per heavy atom. The Balaban J connectivity index is 1.61. The second-order valence-electron chi connectivity index (χ2n) is 13.7. The maximum atomic E-state index is 13.5. The van der Waals surface area contributed by atoms with Crippen molar-refractivity contribution in [2.45, 2.75) is 76.8 Å². The molecule has 0 saturated carbocycles. The van der Waals surface area contributed by atoms with Crippen molar-refractivity contribution in [3.05, 3.63) is 90.0 Å². The van der Waals surface area contributed by atoms with Crippen LogP contribution >= 0.6 is 0 Å². The number of benzene rings is 3. The molecule has 54 heavy (non-hydrogen) atoms. The summed E-state index contributed by atoms with van der Waals surface area (Å²) in [6.07, 6.45) is 0.773. The van der Waals surface area contributed by atoms with Crippen molar-refractivity contribution < 1.29 is 39.0 Å². The van der Waals surface area contributed by atoms with Crippen molar-refractivity contribution in [3.63, 3.8) is 0 Å². The van der Waals surface area contributed by atoms with E-state index in [-0.39, 0.29) is 75.0 Å². The van der Waals surface area contributed by atoms with Gasteiger partial charge in [-0.25, -0.2) is 0 Å². The van der Waals surface area contributed by atoms with Crippen molar-refractivity contribution in [1.82, 2.24) is 10.6 Å². The molecule has 0 heterocycles. The van der Waals surface area contributed by atoms with Crippen LogP contribution < -0.4 is 27.4 Å². The van der Waals surface area contributed by atoms with Gasteiger partial charge in [-0.2, -0.15) is 0 Å². The number of anilines is 1. The van der Waals surface area contributed by atoms with E-state index in [4.69, 9.17) is 16.6 Å². The number of ketones is 2. The van der Waals surface area contributed by atoms with Crippen LogP contribution in [-0.2, 0) is 41.6 Å². The molecule has 0 fully saturated rings. The number of carboxylic acids is 2. The lowest BCUT2D eigenvalue weighted by molar-refractivity contribution is -0.144. The SMILES string of the molecule is CC(=O)Nc1ccc(-c2ccc(C[C@@H](CC(=O)[C@@H](N)CCNC[C@@H](N)Cc3ccccc3)C(=O)NCC[C@@H](CC(=O)CCCC(=O)O)C(=O)O)cc2)cc1. The fourth-order valence-electron chi connectivity index (χ4n) is 6.05. The Morgan fingerprint density at radius 1 is 0.704 bits per heavy atom. The summed E-state index contributed by atoms with van der Waals surface area (Å²) in [7, 11) is 0. The van der Waals surface area contributed by atoms with Gasteiger partial charge in [0.1, 0.15) is 11.6 Å². The molecule has 13 heteroatoms. The van der Waals surface area contributed by atoms with Gasteiger partial charge < -0.3 is 37.6 Å². The highest BCUT2D eigenvalue weighted by molar-refractivity contribution is 5.90. The quantitative estimate of drug-likeness (QED) is 0.0618. The molecule has 0 aromatic heterocycles. The highest BCUT2D eigenvalue weighted by Crippen LogP contribution is 2.24. The van der Waals surface area contributed by atoms with Crippen LogP contribution in [0.4, 0.5) is 5.69 Å². The normalized spacial score (nSPS) is 13.2. The molecule has 0 aliphatic rings. The summed E-state index contributed by atoms with van der Waals surface area (Å²) < 4.78 is 0. The Hall–Kier alpha value is -5.24. The number of amides is 2.